The lowest BCUT2D eigenvalue weighted by Gasteiger charge is -2.08. The lowest BCUT2D eigenvalue weighted by Crippen LogP contribution is -2.29. The largest absolute Gasteiger partial charge is 0.378 e. The molecule has 0 saturated carbocycles. The first-order valence-corrected chi connectivity index (χ1v) is 10.8. The first-order chi connectivity index (χ1) is 15.8. The topological polar surface area (TPSA) is 146 Å². The van der Waals surface area contributed by atoms with Crippen molar-refractivity contribution in [2.75, 3.05) is 119 Å². The second-order valence-corrected chi connectivity index (χ2v) is 6.10. The van der Waals surface area contributed by atoms with E-state index in [4.69, 9.17) is 43.6 Å². The summed E-state index contributed by atoms with van der Waals surface area (Å²) < 4.78 is 42.4. The number of hydrogen-bond acceptors (Lipinski definition) is 11. The van der Waals surface area contributed by atoms with Gasteiger partial charge in [0.25, 0.3) is 0 Å². The molecule has 0 aliphatic rings. The predicted octanol–water partition coefficient (Wildman–Crippen LogP) is -1.61. The molecule has 0 atom stereocenters. The number of hydrogen-bond donors (Lipinski definition) is 2. The zero-order valence-electron chi connectivity index (χ0n) is 19.0. The molecule has 0 aromatic rings. The Hall–Kier alpha value is -1.22. The van der Waals surface area contributed by atoms with Gasteiger partial charge < -0.3 is 53.7 Å². The molecule has 0 saturated heterocycles. The molecule has 1 amide bonds. The number of amides is 1. The van der Waals surface area contributed by atoms with Crippen LogP contribution in [0, 0.1) is 0 Å². The highest BCUT2D eigenvalue weighted by atomic mass is 16.6. The molecule has 0 aromatic carbocycles. The Balaban J connectivity index is 3.05. The second kappa shape index (κ2) is 27.8. The van der Waals surface area contributed by atoms with Crippen molar-refractivity contribution in [1.82, 2.24) is 5.32 Å². The Morgan fingerprint density at radius 2 is 0.875 bits per heavy atom. The Labute approximate surface area is 190 Å². The lowest BCUT2D eigenvalue weighted by atomic mass is 10.6. The number of nitrogens with two attached hydrogens (primary N) is 1. The van der Waals surface area contributed by atoms with Crippen LogP contribution in [0.3, 0.4) is 0 Å². The number of nitrogens with one attached hydrogen (secondary N) is 1. The minimum absolute atomic E-state index is 0.00800. The summed E-state index contributed by atoms with van der Waals surface area (Å²) in [4.78, 5) is 21.2. The molecule has 0 aliphatic carbocycles. The summed E-state index contributed by atoms with van der Waals surface area (Å²) in [7, 11) is 0. The molecular weight excluding hydrogens is 428 g/mol. The van der Waals surface area contributed by atoms with Crippen LogP contribution in [0.1, 0.15) is 0 Å². The van der Waals surface area contributed by atoms with Crippen LogP contribution in [-0.4, -0.2) is 131 Å². The van der Waals surface area contributed by atoms with Crippen LogP contribution in [0.25, 0.3) is 0 Å². The number of aldehydes is 1. The number of rotatable bonds is 27. The molecule has 190 valence electrons. The third kappa shape index (κ3) is 26.8. The van der Waals surface area contributed by atoms with Crippen LogP contribution in [0.2, 0.25) is 0 Å². The molecule has 0 rings (SSSR count). The standard InChI is InChI=1S/C20H40N2O10/c21-1-4-25-5-6-26-7-8-27-9-10-28-11-12-29-13-14-30-15-16-31-17-18-32-19-20(24)22-2-3-23/h3H,1-2,4-19,21H2,(H,22,24). The number of carbonyl (C=O) groups is 2. The molecule has 3 N–H and O–H groups in total. The van der Waals surface area contributed by atoms with Crippen LogP contribution in [0.4, 0.5) is 0 Å². The van der Waals surface area contributed by atoms with Gasteiger partial charge in [0, 0.05) is 6.54 Å². The molecule has 32 heavy (non-hydrogen) atoms. The molecule has 0 heterocycles. The van der Waals surface area contributed by atoms with E-state index in [2.05, 4.69) is 5.32 Å². The Morgan fingerprint density at radius 3 is 1.19 bits per heavy atom. The average Bonchev–Trinajstić information content (AvgIpc) is 2.80. The van der Waals surface area contributed by atoms with Gasteiger partial charge in [-0.1, -0.05) is 0 Å². The van der Waals surface area contributed by atoms with Gasteiger partial charge >= 0.3 is 0 Å². The zero-order chi connectivity index (χ0) is 23.4. The summed E-state index contributed by atoms with van der Waals surface area (Å²) >= 11 is 0. The van der Waals surface area contributed by atoms with E-state index >= 15 is 0 Å². The Kier molecular flexibility index (Phi) is 26.8. The van der Waals surface area contributed by atoms with Crippen molar-refractivity contribution in [3.05, 3.63) is 0 Å². The fraction of sp³-hybridized carbons (Fsp3) is 0.900. The van der Waals surface area contributed by atoms with Gasteiger partial charge in [-0.25, -0.2) is 0 Å². The van der Waals surface area contributed by atoms with Gasteiger partial charge in [0.05, 0.1) is 106 Å². The molecule has 12 nitrogen and oxygen atoms in total. The van der Waals surface area contributed by atoms with Crippen molar-refractivity contribution in [3.8, 4) is 0 Å². The minimum atomic E-state index is -0.332. The van der Waals surface area contributed by atoms with Gasteiger partial charge in [-0.15, -0.1) is 0 Å². The van der Waals surface area contributed by atoms with E-state index in [0.29, 0.717) is 112 Å². The van der Waals surface area contributed by atoms with Gasteiger partial charge in [0.2, 0.25) is 5.91 Å². The summed E-state index contributed by atoms with van der Waals surface area (Å²) in [6.45, 7) is 7.56. The summed E-state index contributed by atoms with van der Waals surface area (Å²) in [6, 6.07) is 0. The van der Waals surface area contributed by atoms with E-state index < -0.39 is 0 Å². The molecule has 0 fully saturated rings. The average molecular weight is 469 g/mol. The van der Waals surface area contributed by atoms with Crippen molar-refractivity contribution >= 4 is 12.2 Å². The maximum atomic E-state index is 11.1. The minimum Gasteiger partial charge on any atom is -0.378 e. The van der Waals surface area contributed by atoms with Crippen LogP contribution >= 0.6 is 0 Å². The number of ether oxygens (including phenoxy) is 8. The zero-order valence-corrected chi connectivity index (χ0v) is 19.0. The first-order valence-electron chi connectivity index (χ1n) is 10.8. The first kappa shape index (κ1) is 30.8. The number of carbonyl (C=O) groups excluding carboxylic acids is 2. The molecule has 0 spiro atoms. The predicted molar refractivity (Wildman–Crippen MR) is 115 cm³/mol. The summed E-state index contributed by atoms with van der Waals surface area (Å²) in [5.74, 6) is -0.332. The van der Waals surface area contributed by atoms with E-state index in [1.165, 1.54) is 0 Å². The van der Waals surface area contributed by atoms with Gasteiger partial charge in [-0.3, -0.25) is 4.79 Å². The van der Waals surface area contributed by atoms with Crippen molar-refractivity contribution in [2.24, 2.45) is 5.73 Å². The smallest absolute Gasteiger partial charge is 0.246 e. The van der Waals surface area contributed by atoms with Crippen molar-refractivity contribution in [1.29, 1.82) is 0 Å². The molecule has 0 bridgehead atoms. The molecule has 12 heteroatoms. The molecule has 0 aromatic heterocycles. The maximum Gasteiger partial charge on any atom is 0.246 e. The molecule has 0 radical (unpaired) electrons. The SMILES string of the molecule is NCCOCCOCCOCCOCCOCCOCCOCCOCC(=O)NCC=O. The second-order valence-electron chi connectivity index (χ2n) is 6.10. The van der Waals surface area contributed by atoms with Crippen LogP contribution < -0.4 is 11.1 Å². The van der Waals surface area contributed by atoms with Crippen LogP contribution in [0.15, 0.2) is 0 Å². The van der Waals surface area contributed by atoms with Crippen LogP contribution in [0.5, 0.6) is 0 Å². The maximum absolute atomic E-state index is 11.1. The summed E-state index contributed by atoms with van der Waals surface area (Å²) in [5.41, 5.74) is 5.30. The van der Waals surface area contributed by atoms with E-state index in [-0.39, 0.29) is 19.1 Å². The van der Waals surface area contributed by atoms with Crippen molar-refractivity contribution in [2.45, 2.75) is 0 Å². The normalized spacial score (nSPS) is 11.0. The van der Waals surface area contributed by atoms with Crippen molar-refractivity contribution in [3.63, 3.8) is 0 Å². The molecular formula is C20H40N2O10. The van der Waals surface area contributed by atoms with Crippen LogP contribution in [-0.2, 0) is 47.5 Å². The van der Waals surface area contributed by atoms with Gasteiger partial charge in [0.1, 0.15) is 12.9 Å². The van der Waals surface area contributed by atoms with E-state index in [1.807, 2.05) is 0 Å². The fourth-order valence-corrected chi connectivity index (χ4v) is 1.99. The highest BCUT2D eigenvalue weighted by Gasteiger charge is 1.99. The lowest BCUT2D eigenvalue weighted by molar-refractivity contribution is -0.127. The van der Waals surface area contributed by atoms with Gasteiger partial charge in [-0.2, -0.15) is 0 Å². The van der Waals surface area contributed by atoms with Gasteiger partial charge in [-0.05, 0) is 0 Å². The summed E-state index contributed by atoms with van der Waals surface area (Å²) in [6.07, 6.45) is 0.612. The Bertz CT molecular complexity index is 405. The van der Waals surface area contributed by atoms with E-state index in [1.54, 1.807) is 0 Å². The highest BCUT2D eigenvalue weighted by molar-refractivity contribution is 5.79. The monoisotopic (exact) mass is 468 g/mol. The van der Waals surface area contributed by atoms with E-state index in [0.717, 1.165) is 0 Å². The Morgan fingerprint density at radius 1 is 0.562 bits per heavy atom. The quantitative estimate of drug-likeness (QED) is 0.106. The third-order valence-electron chi connectivity index (χ3n) is 3.48. The summed E-state index contributed by atoms with van der Waals surface area (Å²) in [5, 5.41) is 2.37. The third-order valence-corrected chi connectivity index (χ3v) is 3.48. The molecule has 0 aliphatic heterocycles. The molecule has 0 unspecified atom stereocenters. The highest BCUT2D eigenvalue weighted by Crippen LogP contribution is 1.85. The van der Waals surface area contributed by atoms with Gasteiger partial charge in [0.15, 0.2) is 0 Å². The fourth-order valence-electron chi connectivity index (χ4n) is 1.99. The van der Waals surface area contributed by atoms with Crippen molar-refractivity contribution < 1.29 is 47.5 Å². The van der Waals surface area contributed by atoms with E-state index in [9.17, 15) is 9.59 Å².